The van der Waals surface area contributed by atoms with Crippen molar-refractivity contribution < 1.29 is 10.2 Å². The average molecular weight is 303 g/mol. The van der Waals surface area contributed by atoms with E-state index in [1.807, 2.05) is 6.08 Å². The fourth-order valence-electron chi connectivity index (χ4n) is 6.24. The molecular formula is C19H29NO2. The first-order valence-corrected chi connectivity index (χ1v) is 8.85. The molecule has 0 aromatic rings. The number of allylic oxidation sites excluding steroid dienone is 2. The lowest BCUT2D eigenvalue weighted by Gasteiger charge is -2.60. The van der Waals surface area contributed by atoms with Gasteiger partial charge in [-0.25, -0.2) is 0 Å². The van der Waals surface area contributed by atoms with Gasteiger partial charge in [0.25, 0.3) is 0 Å². The fraction of sp³-hybridized carbons (Fsp3) is 0.789. The zero-order valence-corrected chi connectivity index (χ0v) is 13.7. The lowest BCUT2D eigenvalue weighted by Crippen LogP contribution is -2.58. The van der Waals surface area contributed by atoms with Gasteiger partial charge in [0, 0.05) is 11.5 Å². The van der Waals surface area contributed by atoms with E-state index in [2.05, 4.69) is 32.1 Å². The van der Waals surface area contributed by atoms with Crippen LogP contribution in [0.3, 0.4) is 0 Å². The standard InChI is InChI=1S/C19H29NO2/c1-18-7-5-12(20)9-11(18)10-15(21)17-13-3-4-16(22)19(13,2)8-6-14(17)18/h3-5,7,11-17,21-22H,6,8-10,20H2,1-2H3/t11-,12?,13-,14-,15-,16-,17-,18-,19-/m0/s1. The summed E-state index contributed by atoms with van der Waals surface area (Å²) in [5.41, 5.74) is 6.20. The molecule has 0 saturated heterocycles. The molecule has 0 spiro atoms. The summed E-state index contributed by atoms with van der Waals surface area (Å²) in [6.07, 6.45) is 12.0. The van der Waals surface area contributed by atoms with Crippen LogP contribution in [0, 0.1) is 34.5 Å². The van der Waals surface area contributed by atoms with Gasteiger partial charge in [-0.3, -0.25) is 0 Å². The molecule has 0 aromatic heterocycles. The first-order valence-electron chi connectivity index (χ1n) is 8.85. The number of nitrogens with two attached hydrogens (primary N) is 1. The van der Waals surface area contributed by atoms with Gasteiger partial charge in [0.05, 0.1) is 12.2 Å². The van der Waals surface area contributed by atoms with E-state index in [0.29, 0.717) is 17.8 Å². The Balaban J connectivity index is 1.73. The summed E-state index contributed by atoms with van der Waals surface area (Å²) in [7, 11) is 0. The maximum absolute atomic E-state index is 10.9. The van der Waals surface area contributed by atoms with Crippen LogP contribution in [-0.2, 0) is 0 Å². The third-order valence-electron chi connectivity index (χ3n) is 7.72. The Bertz CT molecular complexity index is 530. The Morgan fingerprint density at radius 2 is 1.86 bits per heavy atom. The third kappa shape index (κ3) is 1.79. The zero-order chi connectivity index (χ0) is 15.7. The van der Waals surface area contributed by atoms with Crippen LogP contribution in [-0.4, -0.2) is 28.5 Å². The molecule has 4 rings (SSSR count). The van der Waals surface area contributed by atoms with Gasteiger partial charge >= 0.3 is 0 Å². The van der Waals surface area contributed by atoms with Gasteiger partial charge < -0.3 is 15.9 Å². The molecule has 0 aromatic carbocycles. The third-order valence-corrected chi connectivity index (χ3v) is 7.72. The minimum atomic E-state index is -0.355. The van der Waals surface area contributed by atoms with E-state index in [1.165, 1.54) is 0 Å². The first kappa shape index (κ1) is 14.9. The molecule has 9 atom stereocenters. The summed E-state index contributed by atoms with van der Waals surface area (Å²) in [5.74, 6) is 1.56. The fourth-order valence-corrected chi connectivity index (χ4v) is 6.24. The quantitative estimate of drug-likeness (QED) is 0.601. The molecule has 3 nitrogen and oxygen atoms in total. The van der Waals surface area contributed by atoms with Crippen LogP contribution in [0.2, 0.25) is 0 Å². The Labute approximate surface area is 133 Å². The van der Waals surface area contributed by atoms with Crippen LogP contribution < -0.4 is 5.73 Å². The minimum Gasteiger partial charge on any atom is -0.393 e. The smallest absolute Gasteiger partial charge is 0.0780 e. The molecule has 3 heteroatoms. The van der Waals surface area contributed by atoms with Crippen LogP contribution in [0.25, 0.3) is 0 Å². The van der Waals surface area contributed by atoms with Crippen molar-refractivity contribution in [3.63, 3.8) is 0 Å². The summed E-state index contributed by atoms with van der Waals surface area (Å²) in [5, 5.41) is 21.3. The van der Waals surface area contributed by atoms with Gasteiger partial charge in [0.15, 0.2) is 0 Å². The monoisotopic (exact) mass is 303 g/mol. The van der Waals surface area contributed by atoms with Gasteiger partial charge in [-0.2, -0.15) is 0 Å². The summed E-state index contributed by atoms with van der Waals surface area (Å²) >= 11 is 0. The SMILES string of the molecule is C[C@]12C=CC(N)C[C@H]1C[C@H](O)[C@@H]1[C@@H]2CC[C@]2(C)[C@@H](O)C=C[C@@H]12. The van der Waals surface area contributed by atoms with Crippen molar-refractivity contribution in [2.45, 2.75) is 57.8 Å². The average Bonchev–Trinajstić information content (AvgIpc) is 2.77. The normalized spacial score (nSPS) is 59.8. The maximum atomic E-state index is 10.9. The second kappa shape index (κ2) is 4.68. The minimum absolute atomic E-state index is 0.0832. The van der Waals surface area contributed by atoms with Crippen molar-refractivity contribution in [1.82, 2.24) is 0 Å². The molecule has 22 heavy (non-hydrogen) atoms. The summed E-state index contributed by atoms with van der Waals surface area (Å²) in [4.78, 5) is 0. The molecule has 2 saturated carbocycles. The summed E-state index contributed by atoms with van der Waals surface area (Å²) in [6, 6.07) is 0.142. The van der Waals surface area contributed by atoms with E-state index in [-0.39, 0.29) is 35.0 Å². The van der Waals surface area contributed by atoms with Crippen molar-refractivity contribution in [3.05, 3.63) is 24.3 Å². The van der Waals surface area contributed by atoms with Gasteiger partial charge in [-0.1, -0.05) is 38.2 Å². The van der Waals surface area contributed by atoms with Gasteiger partial charge in [0.1, 0.15) is 0 Å². The van der Waals surface area contributed by atoms with Crippen LogP contribution in [0.4, 0.5) is 0 Å². The zero-order valence-electron chi connectivity index (χ0n) is 13.7. The molecular weight excluding hydrogens is 274 g/mol. The van der Waals surface area contributed by atoms with Crippen molar-refractivity contribution in [2.24, 2.45) is 40.2 Å². The number of aliphatic hydroxyl groups excluding tert-OH is 2. The Morgan fingerprint density at radius 1 is 1.09 bits per heavy atom. The van der Waals surface area contributed by atoms with Crippen LogP contribution >= 0.6 is 0 Å². The highest BCUT2D eigenvalue weighted by molar-refractivity contribution is 5.24. The number of hydrogen-bond donors (Lipinski definition) is 3. The highest BCUT2D eigenvalue weighted by Gasteiger charge is 2.60. The van der Waals surface area contributed by atoms with Crippen LogP contribution in [0.15, 0.2) is 24.3 Å². The number of fused-ring (bicyclic) bond motifs is 5. The predicted molar refractivity (Wildman–Crippen MR) is 86.9 cm³/mol. The number of aliphatic hydroxyl groups is 2. The van der Waals surface area contributed by atoms with Gasteiger partial charge in [0.2, 0.25) is 0 Å². The van der Waals surface area contributed by atoms with Crippen LogP contribution in [0.1, 0.15) is 39.5 Å². The lowest BCUT2D eigenvalue weighted by molar-refractivity contribution is -0.140. The molecule has 122 valence electrons. The molecule has 0 bridgehead atoms. The van der Waals surface area contributed by atoms with Gasteiger partial charge in [-0.15, -0.1) is 0 Å². The molecule has 0 amide bonds. The first-order chi connectivity index (χ1) is 10.4. The number of hydrogen-bond acceptors (Lipinski definition) is 3. The van der Waals surface area contributed by atoms with Crippen molar-refractivity contribution in [1.29, 1.82) is 0 Å². The summed E-state index contributed by atoms with van der Waals surface area (Å²) in [6.45, 7) is 4.58. The topological polar surface area (TPSA) is 66.5 Å². The van der Waals surface area contributed by atoms with E-state index >= 15 is 0 Å². The molecule has 4 aliphatic carbocycles. The van der Waals surface area contributed by atoms with Gasteiger partial charge in [-0.05, 0) is 54.8 Å². The Kier molecular flexibility index (Phi) is 3.18. The molecule has 0 aliphatic heterocycles. The maximum Gasteiger partial charge on any atom is 0.0780 e. The largest absolute Gasteiger partial charge is 0.393 e. The van der Waals surface area contributed by atoms with Crippen molar-refractivity contribution in [2.75, 3.05) is 0 Å². The van der Waals surface area contributed by atoms with Crippen molar-refractivity contribution >= 4 is 0 Å². The van der Waals surface area contributed by atoms with E-state index in [0.717, 1.165) is 25.7 Å². The Morgan fingerprint density at radius 3 is 2.64 bits per heavy atom. The second-order valence-corrected chi connectivity index (χ2v) is 8.71. The molecule has 1 unspecified atom stereocenters. The van der Waals surface area contributed by atoms with E-state index in [9.17, 15) is 10.2 Å². The molecule has 0 radical (unpaired) electrons. The Hall–Kier alpha value is -0.640. The molecule has 2 fully saturated rings. The second-order valence-electron chi connectivity index (χ2n) is 8.71. The van der Waals surface area contributed by atoms with E-state index < -0.39 is 0 Å². The highest BCUT2D eigenvalue weighted by atomic mass is 16.3. The van der Waals surface area contributed by atoms with E-state index in [4.69, 9.17) is 5.73 Å². The summed E-state index contributed by atoms with van der Waals surface area (Å²) < 4.78 is 0. The lowest BCUT2D eigenvalue weighted by atomic mass is 9.45. The molecule has 4 N–H and O–H groups in total. The molecule has 4 aliphatic rings. The van der Waals surface area contributed by atoms with Crippen LogP contribution in [0.5, 0.6) is 0 Å². The number of rotatable bonds is 0. The highest BCUT2D eigenvalue weighted by Crippen LogP contribution is 2.63. The predicted octanol–water partition coefficient (Wildman–Crippen LogP) is 2.24. The molecule has 0 heterocycles. The van der Waals surface area contributed by atoms with E-state index in [1.54, 1.807) is 0 Å². The van der Waals surface area contributed by atoms with Crippen molar-refractivity contribution in [3.8, 4) is 0 Å².